The predicted molar refractivity (Wildman–Crippen MR) is 33.7 cm³/mol. The molecule has 1 aliphatic heterocycles. The first-order chi connectivity index (χ1) is 4.20. The Morgan fingerprint density at radius 2 is 2.56 bits per heavy atom. The van der Waals surface area contributed by atoms with E-state index < -0.39 is 5.97 Å². The second kappa shape index (κ2) is 2.01. The summed E-state index contributed by atoms with van der Waals surface area (Å²) < 4.78 is 0. The first-order valence-electron chi connectivity index (χ1n) is 2.69. The van der Waals surface area contributed by atoms with Crippen LogP contribution in [0.4, 0.5) is 0 Å². The molecule has 0 aromatic carbocycles. The number of aliphatic imine (C=N–C) groups is 1. The van der Waals surface area contributed by atoms with E-state index in [4.69, 9.17) is 5.11 Å². The van der Waals surface area contributed by atoms with Crippen molar-refractivity contribution in [3.63, 3.8) is 0 Å². The van der Waals surface area contributed by atoms with Gasteiger partial charge < -0.3 is 5.11 Å². The molecule has 0 spiro atoms. The number of hydrogen-bond donors (Lipinski definition) is 1. The van der Waals surface area contributed by atoms with Crippen LogP contribution in [0, 0.1) is 0 Å². The molecule has 0 saturated carbocycles. The highest BCUT2D eigenvalue weighted by atomic mass is 16.4. The topological polar surface area (TPSA) is 49.7 Å². The van der Waals surface area contributed by atoms with Crippen LogP contribution in [0.5, 0.6) is 0 Å². The van der Waals surface area contributed by atoms with E-state index in [0.717, 1.165) is 0 Å². The largest absolute Gasteiger partial charge is 0.477 e. The molecule has 1 heterocycles. The van der Waals surface area contributed by atoms with Crippen molar-refractivity contribution in [2.45, 2.75) is 13.0 Å². The summed E-state index contributed by atoms with van der Waals surface area (Å²) in [5, 5.41) is 8.35. The quantitative estimate of drug-likeness (QED) is 0.553. The second-order valence-corrected chi connectivity index (χ2v) is 1.92. The molecular weight excluding hydrogens is 118 g/mol. The number of carboxylic acids is 1. The van der Waals surface area contributed by atoms with Crippen LogP contribution in [0.25, 0.3) is 0 Å². The Bertz CT molecular complexity index is 193. The van der Waals surface area contributed by atoms with Crippen LogP contribution in [0.3, 0.4) is 0 Å². The number of carboxylic acid groups (broad SMARTS) is 1. The third kappa shape index (κ3) is 1.16. The third-order valence-electron chi connectivity index (χ3n) is 1.09. The number of aliphatic carboxylic acids is 1. The smallest absolute Gasteiger partial charge is 0.354 e. The highest BCUT2D eigenvalue weighted by Crippen LogP contribution is 2.02. The van der Waals surface area contributed by atoms with E-state index in [-0.39, 0.29) is 11.8 Å². The number of hydrogen-bond acceptors (Lipinski definition) is 2. The molecule has 1 atom stereocenters. The van der Waals surface area contributed by atoms with Crippen molar-refractivity contribution in [3.8, 4) is 0 Å². The summed E-state index contributed by atoms with van der Waals surface area (Å²) in [6.07, 6.45) is 3.27. The highest BCUT2D eigenvalue weighted by Gasteiger charge is 2.11. The van der Waals surface area contributed by atoms with E-state index in [1.807, 2.05) is 6.92 Å². The average molecular weight is 125 g/mol. The standard InChI is InChI=1S/C6H7NO2/c1-4-2-3-5(7-4)6(8)9/h2-4H,1H3,(H,8,9). The number of carbonyl (C=O) groups is 1. The highest BCUT2D eigenvalue weighted by molar-refractivity contribution is 6.41. The summed E-state index contributed by atoms with van der Waals surface area (Å²) in [7, 11) is 0. The summed E-state index contributed by atoms with van der Waals surface area (Å²) in [6, 6.07) is 0.0381. The maximum Gasteiger partial charge on any atom is 0.354 e. The Kier molecular flexibility index (Phi) is 1.34. The van der Waals surface area contributed by atoms with Gasteiger partial charge in [-0.2, -0.15) is 0 Å². The summed E-state index contributed by atoms with van der Waals surface area (Å²) in [5.41, 5.74) is 0.155. The van der Waals surface area contributed by atoms with Gasteiger partial charge in [-0.05, 0) is 13.0 Å². The Balaban J connectivity index is 2.75. The Hall–Kier alpha value is -1.12. The van der Waals surface area contributed by atoms with Crippen molar-refractivity contribution in [2.24, 2.45) is 4.99 Å². The molecule has 1 rings (SSSR count). The van der Waals surface area contributed by atoms with Gasteiger partial charge >= 0.3 is 5.97 Å². The fraction of sp³-hybridized carbons (Fsp3) is 0.333. The molecule has 0 fully saturated rings. The van der Waals surface area contributed by atoms with Gasteiger partial charge in [-0.3, -0.25) is 4.99 Å². The number of nitrogens with zero attached hydrogens (tertiary/aromatic N) is 1. The van der Waals surface area contributed by atoms with Crippen LogP contribution >= 0.6 is 0 Å². The number of rotatable bonds is 1. The van der Waals surface area contributed by atoms with Crippen LogP contribution in [0.1, 0.15) is 6.92 Å². The third-order valence-corrected chi connectivity index (χ3v) is 1.09. The second-order valence-electron chi connectivity index (χ2n) is 1.92. The SMILES string of the molecule is CC1C=CC(C(=O)O)=N1. The molecule has 1 N–H and O–H groups in total. The Labute approximate surface area is 52.7 Å². The summed E-state index contributed by atoms with van der Waals surface area (Å²) in [6.45, 7) is 1.84. The molecule has 0 saturated heterocycles. The zero-order valence-electron chi connectivity index (χ0n) is 5.03. The van der Waals surface area contributed by atoms with Gasteiger partial charge in [-0.15, -0.1) is 0 Å². The van der Waals surface area contributed by atoms with Gasteiger partial charge in [-0.1, -0.05) is 6.08 Å². The van der Waals surface area contributed by atoms with Crippen LogP contribution in [-0.2, 0) is 4.79 Å². The van der Waals surface area contributed by atoms with Gasteiger partial charge in [0.15, 0.2) is 0 Å². The average Bonchev–Trinajstić information content (AvgIpc) is 2.14. The molecular formula is C6H7NO2. The molecule has 0 aromatic rings. The Morgan fingerprint density at radius 3 is 2.78 bits per heavy atom. The molecule has 0 bridgehead atoms. The molecule has 9 heavy (non-hydrogen) atoms. The van der Waals surface area contributed by atoms with Crippen LogP contribution in [0.2, 0.25) is 0 Å². The van der Waals surface area contributed by atoms with Crippen molar-refractivity contribution in [2.75, 3.05) is 0 Å². The minimum absolute atomic E-state index is 0.0381. The molecule has 0 amide bonds. The van der Waals surface area contributed by atoms with Crippen molar-refractivity contribution in [1.29, 1.82) is 0 Å². The zero-order valence-corrected chi connectivity index (χ0v) is 5.03. The summed E-state index contributed by atoms with van der Waals surface area (Å²) in [5.74, 6) is -0.949. The van der Waals surface area contributed by atoms with Crippen LogP contribution < -0.4 is 0 Å². The minimum atomic E-state index is -0.949. The van der Waals surface area contributed by atoms with E-state index in [1.165, 1.54) is 6.08 Å². The molecule has 48 valence electrons. The molecule has 0 aromatic heterocycles. The normalized spacial score (nSPS) is 24.1. The lowest BCUT2D eigenvalue weighted by Gasteiger charge is -1.88. The van der Waals surface area contributed by atoms with Crippen LogP contribution in [0.15, 0.2) is 17.1 Å². The fourth-order valence-electron chi connectivity index (χ4n) is 0.662. The molecule has 0 radical (unpaired) electrons. The van der Waals surface area contributed by atoms with E-state index in [0.29, 0.717) is 0 Å². The van der Waals surface area contributed by atoms with Gasteiger partial charge in [-0.25, -0.2) is 4.79 Å². The maximum absolute atomic E-state index is 10.2. The van der Waals surface area contributed by atoms with Crippen molar-refractivity contribution >= 4 is 11.7 Å². The molecule has 0 aliphatic carbocycles. The molecule has 3 heteroatoms. The summed E-state index contributed by atoms with van der Waals surface area (Å²) in [4.78, 5) is 14.0. The molecule has 1 unspecified atom stereocenters. The first-order valence-corrected chi connectivity index (χ1v) is 2.69. The lowest BCUT2D eigenvalue weighted by Crippen LogP contribution is -2.07. The lowest BCUT2D eigenvalue weighted by molar-refractivity contribution is -0.129. The van der Waals surface area contributed by atoms with Gasteiger partial charge in [0, 0.05) is 0 Å². The van der Waals surface area contributed by atoms with E-state index in [1.54, 1.807) is 6.08 Å². The van der Waals surface area contributed by atoms with Crippen molar-refractivity contribution in [3.05, 3.63) is 12.2 Å². The monoisotopic (exact) mass is 125 g/mol. The van der Waals surface area contributed by atoms with Gasteiger partial charge in [0.1, 0.15) is 5.71 Å². The van der Waals surface area contributed by atoms with E-state index in [9.17, 15) is 4.79 Å². The van der Waals surface area contributed by atoms with Gasteiger partial charge in [0.25, 0.3) is 0 Å². The van der Waals surface area contributed by atoms with E-state index >= 15 is 0 Å². The van der Waals surface area contributed by atoms with Crippen LogP contribution in [-0.4, -0.2) is 22.8 Å². The molecule has 1 aliphatic rings. The van der Waals surface area contributed by atoms with E-state index in [2.05, 4.69) is 4.99 Å². The molecule has 3 nitrogen and oxygen atoms in total. The van der Waals surface area contributed by atoms with Crippen molar-refractivity contribution in [1.82, 2.24) is 0 Å². The zero-order chi connectivity index (χ0) is 6.85. The lowest BCUT2D eigenvalue weighted by atomic mass is 10.3. The van der Waals surface area contributed by atoms with Gasteiger partial charge in [0.05, 0.1) is 6.04 Å². The predicted octanol–water partition coefficient (Wildman–Crippen LogP) is 0.470. The minimum Gasteiger partial charge on any atom is -0.477 e. The summed E-state index contributed by atoms with van der Waals surface area (Å²) >= 11 is 0. The maximum atomic E-state index is 10.2. The fourth-order valence-corrected chi connectivity index (χ4v) is 0.662. The first kappa shape index (κ1) is 6.01. The van der Waals surface area contributed by atoms with Gasteiger partial charge in [0.2, 0.25) is 0 Å². The Morgan fingerprint density at radius 1 is 1.89 bits per heavy atom. The van der Waals surface area contributed by atoms with Crippen molar-refractivity contribution < 1.29 is 9.90 Å².